The molecule has 1 fully saturated rings. The van der Waals surface area contributed by atoms with E-state index in [0.717, 1.165) is 16.5 Å². The van der Waals surface area contributed by atoms with E-state index in [0.29, 0.717) is 23.7 Å². The quantitative estimate of drug-likeness (QED) is 0.676. The van der Waals surface area contributed by atoms with Gasteiger partial charge in [0.1, 0.15) is 0 Å². The van der Waals surface area contributed by atoms with Gasteiger partial charge in [0.2, 0.25) is 5.91 Å². The number of carbonyl (C=O) groups is 2. The molecule has 3 rings (SSSR count). The Morgan fingerprint density at radius 1 is 1.07 bits per heavy atom. The Morgan fingerprint density at radius 2 is 1.78 bits per heavy atom. The molecule has 0 aliphatic carbocycles. The molecule has 0 spiro atoms. The first kappa shape index (κ1) is 19.4. The molecular formula is C20H22BrN2O4+. The second kappa shape index (κ2) is 8.54. The van der Waals surface area contributed by atoms with Crippen molar-refractivity contribution >= 4 is 33.4 Å². The van der Waals surface area contributed by atoms with Crippen LogP contribution in [0.4, 0.5) is 5.69 Å². The number of methoxy groups -OCH3 is 2. The van der Waals surface area contributed by atoms with Crippen molar-refractivity contribution in [2.24, 2.45) is 0 Å². The first-order chi connectivity index (χ1) is 13.0. The maximum atomic E-state index is 12.7. The third-order valence-corrected chi connectivity index (χ3v) is 5.13. The van der Waals surface area contributed by atoms with Crippen molar-refractivity contribution in [1.29, 1.82) is 0 Å². The molecule has 142 valence electrons. The Kier molecular flexibility index (Phi) is 6.13. The molecule has 0 bridgehead atoms. The van der Waals surface area contributed by atoms with Gasteiger partial charge in [-0.05, 0) is 42.0 Å². The highest BCUT2D eigenvalue weighted by molar-refractivity contribution is 9.10. The van der Waals surface area contributed by atoms with Gasteiger partial charge in [0, 0.05) is 10.9 Å². The van der Waals surface area contributed by atoms with E-state index in [4.69, 9.17) is 9.47 Å². The number of halogens is 1. The van der Waals surface area contributed by atoms with Crippen LogP contribution in [-0.4, -0.2) is 38.6 Å². The number of benzene rings is 2. The number of rotatable bonds is 7. The third kappa shape index (κ3) is 4.31. The summed E-state index contributed by atoms with van der Waals surface area (Å²) < 4.78 is 11.5. The fourth-order valence-electron chi connectivity index (χ4n) is 3.19. The molecule has 0 radical (unpaired) electrons. The average Bonchev–Trinajstić information content (AvgIpc) is 2.96. The summed E-state index contributed by atoms with van der Waals surface area (Å²) in [4.78, 5) is 26.2. The number of amides is 2. The highest BCUT2D eigenvalue weighted by atomic mass is 79.9. The monoisotopic (exact) mass is 433 g/mol. The van der Waals surface area contributed by atoms with Crippen LogP contribution in [0.15, 0.2) is 46.9 Å². The molecule has 7 heteroatoms. The lowest BCUT2D eigenvalue weighted by Gasteiger charge is -2.14. The molecule has 2 N–H and O–H groups in total. The summed E-state index contributed by atoms with van der Waals surface area (Å²) in [5.41, 5.74) is 1.70. The van der Waals surface area contributed by atoms with Gasteiger partial charge in [-0.3, -0.25) is 9.59 Å². The Balaban J connectivity index is 1.60. The number of hydrogen-bond donors (Lipinski definition) is 1. The molecule has 6 nitrogen and oxygen atoms in total. The highest BCUT2D eigenvalue weighted by Crippen LogP contribution is 2.27. The van der Waals surface area contributed by atoms with Crippen molar-refractivity contribution in [2.75, 3.05) is 25.7 Å². The number of nitrogens with zero attached hydrogens (tertiary/aromatic N) is 1. The van der Waals surface area contributed by atoms with Gasteiger partial charge in [0.25, 0.3) is 5.91 Å². The molecule has 1 atom stereocenters. The van der Waals surface area contributed by atoms with E-state index < -0.39 is 0 Å². The molecule has 1 aliphatic rings. The third-order valence-electron chi connectivity index (χ3n) is 4.60. The van der Waals surface area contributed by atoms with E-state index in [-0.39, 0.29) is 24.3 Å². The highest BCUT2D eigenvalue weighted by Gasteiger charge is 2.41. The zero-order chi connectivity index (χ0) is 19.4. The van der Waals surface area contributed by atoms with Crippen molar-refractivity contribution in [3.8, 4) is 11.5 Å². The smallest absolute Gasteiger partial charge is 0.292 e. The van der Waals surface area contributed by atoms with Crippen LogP contribution < -0.4 is 19.7 Å². The molecule has 2 amide bonds. The van der Waals surface area contributed by atoms with Crippen molar-refractivity contribution in [3.05, 3.63) is 52.5 Å². The topological polar surface area (TPSA) is 72.5 Å². The summed E-state index contributed by atoms with van der Waals surface area (Å²) in [6.07, 6.45) is 0.984. The van der Waals surface area contributed by atoms with E-state index in [1.807, 2.05) is 35.6 Å². The van der Waals surface area contributed by atoms with Crippen molar-refractivity contribution in [3.63, 3.8) is 0 Å². The summed E-state index contributed by atoms with van der Waals surface area (Å²) in [7, 11) is 3.21. The molecule has 0 saturated carbocycles. The van der Waals surface area contributed by atoms with Crippen molar-refractivity contribution < 1.29 is 24.4 Å². The minimum absolute atomic E-state index is 0.158. The van der Waals surface area contributed by atoms with Gasteiger partial charge >= 0.3 is 0 Å². The van der Waals surface area contributed by atoms with Gasteiger partial charge in [-0.1, -0.05) is 22.0 Å². The van der Waals surface area contributed by atoms with Crippen molar-refractivity contribution in [1.82, 2.24) is 0 Å². The van der Waals surface area contributed by atoms with Crippen LogP contribution in [0.25, 0.3) is 0 Å². The Hall–Kier alpha value is -2.38. The van der Waals surface area contributed by atoms with E-state index in [2.05, 4.69) is 15.9 Å². The molecule has 1 aliphatic heterocycles. The summed E-state index contributed by atoms with van der Waals surface area (Å²) >= 11 is 3.36. The lowest BCUT2D eigenvalue weighted by atomic mass is 10.1. The van der Waals surface area contributed by atoms with Crippen LogP contribution in [0.2, 0.25) is 0 Å². The first-order valence-electron chi connectivity index (χ1n) is 8.70. The fourth-order valence-corrected chi connectivity index (χ4v) is 3.45. The summed E-state index contributed by atoms with van der Waals surface area (Å²) in [6.45, 7) is 0.702. The van der Waals surface area contributed by atoms with E-state index in [9.17, 15) is 9.59 Å². The largest absolute Gasteiger partial charge is 0.493 e. The number of carbonyl (C=O) groups excluding carboxylic acids is 2. The zero-order valence-corrected chi connectivity index (χ0v) is 16.9. The number of nitrogens with two attached hydrogens (primary N) is 1. The normalized spacial score (nSPS) is 16.7. The number of ether oxygens (including phenoxy) is 2. The maximum Gasteiger partial charge on any atom is 0.292 e. The van der Waals surface area contributed by atoms with E-state index >= 15 is 0 Å². The van der Waals surface area contributed by atoms with Crippen LogP contribution in [0.1, 0.15) is 12.0 Å². The maximum absolute atomic E-state index is 12.7. The Bertz CT molecular complexity index is 838. The first-order valence-corrected chi connectivity index (χ1v) is 9.49. The van der Waals surface area contributed by atoms with Gasteiger partial charge in [-0.15, -0.1) is 0 Å². The van der Waals surface area contributed by atoms with Gasteiger partial charge in [0.05, 0.1) is 32.9 Å². The zero-order valence-electron chi connectivity index (χ0n) is 15.3. The molecule has 1 saturated heterocycles. The van der Waals surface area contributed by atoms with Gasteiger partial charge in [-0.25, -0.2) is 4.90 Å². The standard InChI is InChI=1S/C20H21BrN2O4/c1-26-17-8-3-13(11-18(17)27-2)9-10-22-16-12-19(24)23(20(16)25)15-6-4-14(21)5-7-15/h3-8,11,16,22H,9-10,12H2,1-2H3/p+1/t16-/m1/s1. The van der Waals surface area contributed by atoms with Crippen LogP contribution in [-0.2, 0) is 16.0 Å². The lowest BCUT2D eigenvalue weighted by molar-refractivity contribution is -0.674. The van der Waals surface area contributed by atoms with Crippen LogP contribution in [0.5, 0.6) is 11.5 Å². The minimum Gasteiger partial charge on any atom is -0.493 e. The SMILES string of the molecule is COc1ccc(CC[NH2+][C@@H]2CC(=O)N(c3ccc(Br)cc3)C2=O)cc1OC. The predicted molar refractivity (Wildman–Crippen MR) is 105 cm³/mol. The molecule has 1 heterocycles. The number of quaternary nitrogens is 1. The number of hydrogen-bond acceptors (Lipinski definition) is 4. The second-order valence-electron chi connectivity index (χ2n) is 6.32. The molecular weight excluding hydrogens is 412 g/mol. The van der Waals surface area contributed by atoms with Gasteiger partial charge < -0.3 is 14.8 Å². The van der Waals surface area contributed by atoms with Crippen LogP contribution in [0, 0.1) is 0 Å². The molecule has 2 aromatic carbocycles. The predicted octanol–water partition coefficient (Wildman–Crippen LogP) is 1.90. The number of anilines is 1. The summed E-state index contributed by atoms with van der Waals surface area (Å²) in [5, 5.41) is 1.94. The molecule has 27 heavy (non-hydrogen) atoms. The molecule has 0 unspecified atom stereocenters. The Labute approximate surface area is 166 Å². The van der Waals surface area contributed by atoms with Gasteiger partial charge in [0.15, 0.2) is 17.5 Å². The Morgan fingerprint density at radius 3 is 2.44 bits per heavy atom. The second-order valence-corrected chi connectivity index (χ2v) is 7.23. The van der Waals surface area contributed by atoms with Crippen LogP contribution in [0.3, 0.4) is 0 Å². The van der Waals surface area contributed by atoms with Crippen LogP contribution >= 0.6 is 15.9 Å². The van der Waals surface area contributed by atoms with Crippen molar-refractivity contribution in [2.45, 2.75) is 18.9 Å². The number of imide groups is 1. The summed E-state index contributed by atoms with van der Waals surface area (Å²) in [5.74, 6) is 1.06. The molecule has 2 aromatic rings. The minimum atomic E-state index is -0.374. The lowest BCUT2D eigenvalue weighted by Crippen LogP contribution is -2.92. The average molecular weight is 434 g/mol. The summed E-state index contributed by atoms with van der Waals surface area (Å²) in [6, 6.07) is 12.6. The van der Waals surface area contributed by atoms with E-state index in [1.54, 1.807) is 26.4 Å². The van der Waals surface area contributed by atoms with E-state index in [1.165, 1.54) is 4.90 Å². The van der Waals surface area contributed by atoms with Gasteiger partial charge in [-0.2, -0.15) is 0 Å². The fraction of sp³-hybridized carbons (Fsp3) is 0.300. The molecule has 0 aromatic heterocycles.